The topological polar surface area (TPSA) is 60.7 Å². The maximum absolute atomic E-state index is 10.4. The second kappa shape index (κ2) is 10.8. The van der Waals surface area contributed by atoms with E-state index in [-0.39, 0.29) is 0 Å². The first-order valence-electron chi connectivity index (χ1n) is 13.8. The Hall–Kier alpha value is -3.72. The molecule has 4 aromatic rings. The molecule has 0 atom stereocenters. The molecule has 0 amide bonds. The van der Waals surface area contributed by atoms with Crippen molar-refractivity contribution in [1.82, 2.24) is 0 Å². The van der Waals surface area contributed by atoms with Gasteiger partial charge in [-0.2, -0.15) is 0 Å². The summed E-state index contributed by atoms with van der Waals surface area (Å²) < 4.78 is 0. The third-order valence-electron chi connectivity index (χ3n) is 8.51. The van der Waals surface area contributed by atoms with E-state index in [2.05, 4.69) is 57.2 Å². The molecule has 0 bridgehead atoms. The molecule has 0 aliphatic carbocycles. The van der Waals surface area contributed by atoms with E-state index in [1.54, 1.807) is 0 Å². The average molecular weight is 523 g/mol. The van der Waals surface area contributed by atoms with Crippen molar-refractivity contribution in [2.24, 2.45) is 0 Å². The summed E-state index contributed by atoms with van der Waals surface area (Å²) in [6.45, 7) is 18.5. The monoisotopic (exact) mass is 522 g/mol. The van der Waals surface area contributed by atoms with Crippen LogP contribution in [0, 0.1) is 62.3 Å². The van der Waals surface area contributed by atoms with Gasteiger partial charge in [0, 0.05) is 0 Å². The SMILES string of the molecule is Cc1cc(Cc2c(C)c(Cc3cc(C)c(O)c(C)c3)c(C)c(Cc3cc(C)c(O)c(C)c3)c2C)cc(C)c1O. The van der Waals surface area contributed by atoms with Gasteiger partial charge in [0.25, 0.3) is 0 Å². The molecule has 0 aliphatic rings. The summed E-state index contributed by atoms with van der Waals surface area (Å²) in [5, 5.41) is 31.1. The summed E-state index contributed by atoms with van der Waals surface area (Å²) in [6.07, 6.45) is 2.38. The Morgan fingerprint density at radius 1 is 0.359 bits per heavy atom. The molecule has 3 heteroatoms. The van der Waals surface area contributed by atoms with E-state index < -0.39 is 0 Å². The van der Waals surface area contributed by atoms with Gasteiger partial charge in [-0.3, -0.25) is 0 Å². The van der Waals surface area contributed by atoms with E-state index in [4.69, 9.17) is 0 Å². The van der Waals surface area contributed by atoms with Gasteiger partial charge in [0.2, 0.25) is 0 Å². The van der Waals surface area contributed by atoms with E-state index in [1.807, 2.05) is 41.5 Å². The predicted octanol–water partition coefficient (Wildman–Crippen LogP) is 8.35. The number of benzene rings is 4. The summed E-state index contributed by atoms with van der Waals surface area (Å²) >= 11 is 0. The van der Waals surface area contributed by atoms with Crippen molar-refractivity contribution in [2.75, 3.05) is 0 Å². The Kier molecular flexibility index (Phi) is 7.84. The van der Waals surface area contributed by atoms with Crippen molar-refractivity contribution in [3.63, 3.8) is 0 Å². The largest absolute Gasteiger partial charge is 0.507 e. The standard InChI is InChI=1S/C36H42O3/c1-19-10-28(11-20(2)34(19)37)16-31-25(7)32(17-29-12-21(3)35(38)22(4)13-29)27(9)33(26(31)8)18-30-14-23(5)36(39)24(6)15-30/h10-15,37-39H,16-18H2,1-9H3. The molecule has 0 fully saturated rings. The zero-order chi connectivity index (χ0) is 28.8. The van der Waals surface area contributed by atoms with Crippen LogP contribution in [0.15, 0.2) is 36.4 Å². The fourth-order valence-electron chi connectivity index (χ4n) is 6.24. The molecule has 0 unspecified atom stereocenters. The lowest BCUT2D eigenvalue weighted by atomic mass is 9.81. The van der Waals surface area contributed by atoms with Crippen LogP contribution in [-0.2, 0) is 19.3 Å². The first kappa shape index (κ1) is 28.3. The lowest BCUT2D eigenvalue weighted by molar-refractivity contribution is 0.466. The van der Waals surface area contributed by atoms with Gasteiger partial charge in [-0.25, -0.2) is 0 Å². The van der Waals surface area contributed by atoms with Crippen molar-refractivity contribution in [3.05, 3.63) is 120 Å². The highest BCUT2D eigenvalue weighted by Gasteiger charge is 2.20. The molecule has 0 spiro atoms. The molecule has 0 saturated carbocycles. The number of aryl methyl sites for hydroxylation is 6. The molecular weight excluding hydrogens is 480 g/mol. The minimum atomic E-state index is 0.369. The first-order valence-corrected chi connectivity index (χ1v) is 13.8. The number of phenols is 3. The fourth-order valence-corrected chi connectivity index (χ4v) is 6.24. The van der Waals surface area contributed by atoms with Crippen molar-refractivity contribution in [3.8, 4) is 17.2 Å². The normalized spacial score (nSPS) is 11.3. The maximum Gasteiger partial charge on any atom is 0.121 e. The Balaban J connectivity index is 1.90. The molecule has 204 valence electrons. The minimum absolute atomic E-state index is 0.369. The molecular formula is C36H42O3. The molecule has 4 aromatic carbocycles. The number of phenolic OH excluding ortho intramolecular Hbond substituents is 3. The highest BCUT2D eigenvalue weighted by Crippen LogP contribution is 2.35. The minimum Gasteiger partial charge on any atom is -0.507 e. The second-order valence-electron chi connectivity index (χ2n) is 11.6. The summed E-state index contributed by atoms with van der Waals surface area (Å²) in [4.78, 5) is 0. The van der Waals surface area contributed by atoms with Crippen LogP contribution in [0.3, 0.4) is 0 Å². The zero-order valence-corrected chi connectivity index (χ0v) is 24.9. The molecule has 0 aromatic heterocycles. The highest BCUT2D eigenvalue weighted by molar-refractivity contribution is 5.57. The van der Waals surface area contributed by atoms with Gasteiger partial charge in [-0.1, -0.05) is 36.4 Å². The third-order valence-corrected chi connectivity index (χ3v) is 8.51. The van der Waals surface area contributed by atoms with Crippen molar-refractivity contribution >= 4 is 0 Å². The van der Waals surface area contributed by atoms with Gasteiger partial charge < -0.3 is 15.3 Å². The number of hydrogen-bond donors (Lipinski definition) is 3. The molecule has 0 radical (unpaired) electrons. The van der Waals surface area contributed by atoms with Crippen molar-refractivity contribution in [1.29, 1.82) is 0 Å². The zero-order valence-electron chi connectivity index (χ0n) is 24.9. The van der Waals surface area contributed by atoms with E-state index in [0.717, 1.165) is 52.6 Å². The van der Waals surface area contributed by atoms with E-state index in [9.17, 15) is 15.3 Å². The Morgan fingerprint density at radius 2 is 0.538 bits per heavy atom. The van der Waals surface area contributed by atoms with Crippen LogP contribution in [0.5, 0.6) is 17.2 Å². The lowest BCUT2D eigenvalue weighted by Crippen LogP contribution is -2.10. The molecule has 3 N–H and O–H groups in total. The summed E-state index contributed by atoms with van der Waals surface area (Å²) in [6, 6.07) is 12.6. The highest BCUT2D eigenvalue weighted by atomic mass is 16.3. The van der Waals surface area contributed by atoms with Crippen LogP contribution in [0.25, 0.3) is 0 Å². The second-order valence-corrected chi connectivity index (χ2v) is 11.6. The van der Waals surface area contributed by atoms with Gasteiger partial charge >= 0.3 is 0 Å². The fraction of sp³-hybridized carbons (Fsp3) is 0.333. The number of hydrogen-bond acceptors (Lipinski definition) is 3. The third kappa shape index (κ3) is 5.54. The van der Waals surface area contributed by atoms with Gasteiger partial charge in [0.15, 0.2) is 0 Å². The number of rotatable bonds is 6. The van der Waals surface area contributed by atoms with Crippen molar-refractivity contribution in [2.45, 2.75) is 81.6 Å². The van der Waals surface area contributed by atoms with Crippen LogP contribution >= 0.6 is 0 Å². The summed E-state index contributed by atoms with van der Waals surface area (Å²) in [7, 11) is 0. The van der Waals surface area contributed by atoms with Crippen LogP contribution < -0.4 is 0 Å². The lowest BCUT2D eigenvalue weighted by Gasteiger charge is -2.24. The van der Waals surface area contributed by atoms with Crippen LogP contribution in [0.1, 0.15) is 83.5 Å². The van der Waals surface area contributed by atoms with Gasteiger partial charge in [0.05, 0.1) is 0 Å². The maximum atomic E-state index is 10.4. The van der Waals surface area contributed by atoms with Gasteiger partial charge in [-0.15, -0.1) is 0 Å². The smallest absolute Gasteiger partial charge is 0.121 e. The Morgan fingerprint density at radius 3 is 0.718 bits per heavy atom. The number of aromatic hydroxyl groups is 3. The van der Waals surface area contributed by atoms with Gasteiger partial charge in [-0.05, 0) is 165 Å². The molecule has 4 rings (SSSR count). The van der Waals surface area contributed by atoms with E-state index in [1.165, 1.54) is 50.1 Å². The van der Waals surface area contributed by atoms with Crippen molar-refractivity contribution < 1.29 is 15.3 Å². The average Bonchev–Trinajstić information content (AvgIpc) is 2.87. The molecule has 0 aliphatic heterocycles. The molecule has 0 heterocycles. The van der Waals surface area contributed by atoms with E-state index in [0.29, 0.717) is 17.2 Å². The van der Waals surface area contributed by atoms with Crippen LogP contribution in [0.4, 0.5) is 0 Å². The molecule has 3 nitrogen and oxygen atoms in total. The van der Waals surface area contributed by atoms with Crippen LogP contribution in [-0.4, -0.2) is 15.3 Å². The summed E-state index contributed by atoms with van der Waals surface area (Å²) in [5.74, 6) is 1.11. The predicted molar refractivity (Wildman–Crippen MR) is 162 cm³/mol. The Labute approximate surface area is 233 Å². The molecule has 39 heavy (non-hydrogen) atoms. The Bertz CT molecular complexity index is 1310. The van der Waals surface area contributed by atoms with Gasteiger partial charge in [0.1, 0.15) is 17.2 Å². The quantitative estimate of drug-likeness (QED) is 0.238. The first-order chi connectivity index (χ1) is 18.3. The van der Waals surface area contributed by atoms with E-state index >= 15 is 0 Å². The molecule has 0 saturated heterocycles. The van der Waals surface area contributed by atoms with Crippen LogP contribution in [0.2, 0.25) is 0 Å². The summed E-state index contributed by atoms with van der Waals surface area (Å²) in [5.41, 5.74) is 16.9.